The number of Topliss-reactive ketones (excluding diaryl/α,β-unsaturated/α-hetero) is 1. The van der Waals surface area contributed by atoms with E-state index in [4.69, 9.17) is 0 Å². The quantitative estimate of drug-likeness (QED) is 0.635. The van der Waals surface area contributed by atoms with E-state index in [-0.39, 0.29) is 17.3 Å². The average Bonchev–Trinajstić information content (AvgIpc) is 2.69. The van der Waals surface area contributed by atoms with Crippen molar-refractivity contribution in [1.82, 2.24) is 9.88 Å². The molecule has 5 nitrogen and oxygen atoms in total. The van der Waals surface area contributed by atoms with Crippen molar-refractivity contribution in [2.75, 3.05) is 6.54 Å². The summed E-state index contributed by atoms with van der Waals surface area (Å²) in [6, 6.07) is 5.07. The number of benzene rings is 1. The molecule has 23 heavy (non-hydrogen) atoms. The Balaban J connectivity index is 2.32. The van der Waals surface area contributed by atoms with Crippen molar-refractivity contribution in [1.29, 1.82) is 0 Å². The number of carbonyl (C=O) groups excluding carboxylic acids is 2. The number of rotatable bonds is 6. The highest BCUT2D eigenvalue weighted by Gasteiger charge is 2.17. The minimum Gasteiger partial charge on any atom is -0.508 e. The van der Waals surface area contributed by atoms with Gasteiger partial charge in [-0.15, -0.1) is 0 Å². The van der Waals surface area contributed by atoms with Crippen molar-refractivity contribution in [2.24, 2.45) is 0 Å². The first kappa shape index (κ1) is 16.8. The first-order chi connectivity index (χ1) is 10.8. The molecule has 0 bridgehead atoms. The Kier molecular flexibility index (Phi) is 4.89. The summed E-state index contributed by atoms with van der Waals surface area (Å²) >= 11 is 0. The van der Waals surface area contributed by atoms with Gasteiger partial charge in [-0.25, -0.2) is 0 Å². The smallest absolute Gasteiger partial charge is 0.162 e. The van der Waals surface area contributed by atoms with Crippen LogP contribution in [0.25, 0.3) is 10.9 Å². The van der Waals surface area contributed by atoms with Gasteiger partial charge in [0.05, 0.1) is 0 Å². The molecule has 0 saturated carbocycles. The molecule has 1 aromatic heterocycles. The molecule has 1 aromatic carbocycles. The third-order valence-corrected chi connectivity index (χ3v) is 3.82. The third kappa shape index (κ3) is 3.62. The second-order valence-electron chi connectivity index (χ2n) is 5.73. The van der Waals surface area contributed by atoms with E-state index in [1.165, 1.54) is 13.8 Å². The van der Waals surface area contributed by atoms with Crippen molar-refractivity contribution >= 4 is 22.5 Å². The standard InChI is InChI=1S/C18H22N2O3/c1-11(9-12(2)21)19-7-8-20-13(3)18(14(4)22)16-10-15(23)5-6-17(16)20/h5-6,9-10,19,23H,7-8H2,1-4H3/b11-9+. The molecule has 122 valence electrons. The molecule has 0 unspecified atom stereocenters. The highest BCUT2D eigenvalue weighted by Crippen LogP contribution is 2.29. The largest absolute Gasteiger partial charge is 0.508 e. The summed E-state index contributed by atoms with van der Waals surface area (Å²) in [4.78, 5) is 23.0. The topological polar surface area (TPSA) is 71.3 Å². The van der Waals surface area contributed by atoms with Crippen LogP contribution in [0, 0.1) is 6.92 Å². The molecule has 0 aliphatic heterocycles. The second kappa shape index (κ2) is 6.69. The predicted molar refractivity (Wildman–Crippen MR) is 90.8 cm³/mol. The van der Waals surface area contributed by atoms with Gasteiger partial charge >= 0.3 is 0 Å². The first-order valence-corrected chi connectivity index (χ1v) is 7.56. The normalized spacial score (nSPS) is 11.7. The minimum atomic E-state index is -0.0162. The fourth-order valence-corrected chi connectivity index (χ4v) is 2.92. The van der Waals surface area contributed by atoms with Gasteiger partial charge in [-0.1, -0.05) is 0 Å². The Morgan fingerprint density at radius 1 is 1.26 bits per heavy atom. The van der Waals surface area contributed by atoms with Gasteiger partial charge in [0.1, 0.15) is 5.75 Å². The number of hydrogen-bond donors (Lipinski definition) is 2. The van der Waals surface area contributed by atoms with Crippen LogP contribution in [0.5, 0.6) is 5.75 Å². The van der Waals surface area contributed by atoms with Crippen LogP contribution in [0.15, 0.2) is 30.0 Å². The lowest BCUT2D eigenvalue weighted by molar-refractivity contribution is -0.112. The van der Waals surface area contributed by atoms with Gasteiger partial charge in [0.25, 0.3) is 0 Å². The number of ketones is 2. The maximum absolute atomic E-state index is 12.0. The highest BCUT2D eigenvalue weighted by atomic mass is 16.3. The SMILES string of the molecule is CC(=O)/C=C(\C)NCCn1c(C)c(C(C)=O)c2cc(O)ccc21. The maximum Gasteiger partial charge on any atom is 0.162 e. The van der Waals surface area contributed by atoms with Gasteiger partial charge in [0.2, 0.25) is 0 Å². The monoisotopic (exact) mass is 314 g/mol. The molecular weight excluding hydrogens is 292 g/mol. The lowest BCUT2D eigenvalue weighted by Crippen LogP contribution is -2.19. The van der Waals surface area contributed by atoms with Crippen LogP contribution >= 0.6 is 0 Å². The van der Waals surface area contributed by atoms with E-state index < -0.39 is 0 Å². The van der Waals surface area contributed by atoms with Crippen molar-refractivity contribution in [2.45, 2.75) is 34.2 Å². The van der Waals surface area contributed by atoms with Crippen molar-refractivity contribution in [3.05, 3.63) is 41.2 Å². The van der Waals surface area contributed by atoms with E-state index in [0.717, 1.165) is 22.3 Å². The number of phenols is 1. The summed E-state index contributed by atoms with van der Waals surface area (Å²) in [6.45, 7) is 8.10. The first-order valence-electron chi connectivity index (χ1n) is 7.56. The molecule has 2 N–H and O–H groups in total. The number of nitrogens with one attached hydrogen (secondary N) is 1. The van der Waals surface area contributed by atoms with Crippen LogP contribution in [0.4, 0.5) is 0 Å². The molecule has 0 saturated heterocycles. The van der Waals surface area contributed by atoms with Gasteiger partial charge in [0.15, 0.2) is 11.6 Å². The van der Waals surface area contributed by atoms with E-state index in [1.54, 1.807) is 18.2 Å². The summed E-state index contributed by atoms with van der Waals surface area (Å²) in [5.74, 6) is 0.139. The number of phenolic OH excluding ortho intramolecular Hbond substituents is 1. The van der Waals surface area contributed by atoms with E-state index >= 15 is 0 Å². The number of hydrogen-bond acceptors (Lipinski definition) is 4. The number of nitrogens with zero attached hydrogens (tertiary/aromatic N) is 1. The molecule has 0 aliphatic carbocycles. The van der Waals surface area contributed by atoms with Crippen LogP contribution < -0.4 is 5.32 Å². The Labute approximate surface area is 135 Å². The average molecular weight is 314 g/mol. The molecule has 1 heterocycles. The lowest BCUT2D eigenvalue weighted by Gasteiger charge is -2.11. The van der Waals surface area contributed by atoms with E-state index in [2.05, 4.69) is 9.88 Å². The van der Waals surface area contributed by atoms with Gasteiger partial charge in [-0.3, -0.25) is 9.59 Å². The summed E-state index contributed by atoms with van der Waals surface area (Å²) in [7, 11) is 0. The third-order valence-electron chi connectivity index (χ3n) is 3.82. The molecule has 0 spiro atoms. The Morgan fingerprint density at radius 2 is 1.96 bits per heavy atom. The summed E-state index contributed by atoms with van der Waals surface area (Å²) < 4.78 is 2.06. The van der Waals surface area contributed by atoms with Crippen molar-refractivity contribution in [3.8, 4) is 5.75 Å². The summed E-state index contributed by atoms with van der Waals surface area (Å²) in [6.07, 6.45) is 1.56. The predicted octanol–water partition coefficient (Wildman–Crippen LogP) is 2.94. The zero-order valence-corrected chi connectivity index (χ0v) is 13.9. The number of aromatic hydroxyl groups is 1. The van der Waals surface area contributed by atoms with Crippen molar-refractivity contribution < 1.29 is 14.7 Å². The van der Waals surface area contributed by atoms with Gasteiger partial charge in [-0.2, -0.15) is 0 Å². The maximum atomic E-state index is 12.0. The van der Waals surface area contributed by atoms with E-state index in [1.807, 2.05) is 19.9 Å². The van der Waals surface area contributed by atoms with Gasteiger partial charge in [-0.05, 0) is 52.0 Å². The minimum absolute atomic E-state index is 0.00642. The Morgan fingerprint density at radius 3 is 2.57 bits per heavy atom. The number of carbonyl (C=O) groups is 2. The van der Waals surface area contributed by atoms with Crippen LogP contribution in [-0.2, 0) is 11.3 Å². The summed E-state index contributed by atoms with van der Waals surface area (Å²) in [5, 5.41) is 13.7. The fourth-order valence-electron chi connectivity index (χ4n) is 2.92. The molecule has 5 heteroatoms. The number of aromatic nitrogens is 1. The Hall–Kier alpha value is -2.56. The molecule has 2 aromatic rings. The molecule has 0 amide bonds. The van der Waals surface area contributed by atoms with Crippen molar-refractivity contribution in [3.63, 3.8) is 0 Å². The zero-order chi connectivity index (χ0) is 17.1. The van der Waals surface area contributed by atoms with Crippen LogP contribution in [0.3, 0.4) is 0 Å². The molecule has 0 atom stereocenters. The summed E-state index contributed by atoms with van der Waals surface area (Å²) in [5.41, 5.74) is 3.26. The van der Waals surface area contributed by atoms with Gasteiger partial charge in [0, 0.05) is 40.9 Å². The number of allylic oxidation sites excluding steroid dienone is 2. The molecule has 2 rings (SSSR count). The molecular formula is C18H22N2O3. The highest BCUT2D eigenvalue weighted by molar-refractivity contribution is 6.08. The van der Waals surface area contributed by atoms with Gasteiger partial charge < -0.3 is 15.0 Å². The van der Waals surface area contributed by atoms with Crippen LogP contribution in [0.2, 0.25) is 0 Å². The number of fused-ring (bicyclic) bond motifs is 1. The zero-order valence-electron chi connectivity index (χ0n) is 13.9. The van der Waals surface area contributed by atoms with Crippen LogP contribution in [-0.4, -0.2) is 27.8 Å². The van der Waals surface area contributed by atoms with Crippen LogP contribution in [0.1, 0.15) is 36.8 Å². The fraction of sp³-hybridized carbons (Fsp3) is 0.333. The lowest BCUT2D eigenvalue weighted by atomic mass is 10.1. The van der Waals surface area contributed by atoms with E-state index in [0.29, 0.717) is 18.7 Å². The van der Waals surface area contributed by atoms with E-state index in [9.17, 15) is 14.7 Å². The molecule has 0 aliphatic rings. The molecule has 0 fully saturated rings. The Bertz CT molecular complexity index is 800. The second-order valence-corrected chi connectivity index (χ2v) is 5.73. The molecule has 0 radical (unpaired) electrons.